The molecule has 106 valence electrons. The van der Waals surface area contributed by atoms with Crippen LogP contribution >= 0.6 is 11.8 Å². The standard InChI is InChI=1S/C15H18N2O2S/c1-11-9-13(16-19-11)10-20-12(2)15(18)17(3)14-7-5-4-6-8-14/h4-9,12H,10H2,1-3H3/t12-/m0/s1. The van der Waals surface area contributed by atoms with Crippen molar-refractivity contribution in [2.24, 2.45) is 0 Å². The van der Waals surface area contributed by atoms with Gasteiger partial charge in [-0.2, -0.15) is 0 Å². The van der Waals surface area contributed by atoms with E-state index in [1.165, 1.54) is 0 Å². The van der Waals surface area contributed by atoms with Crippen LogP contribution in [0.15, 0.2) is 40.9 Å². The largest absolute Gasteiger partial charge is 0.361 e. The smallest absolute Gasteiger partial charge is 0.239 e. The van der Waals surface area contributed by atoms with Gasteiger partial charge in [0, 0.05) is 24.6 Å². The molecule has 0 spiro atoms. The molecule has 0 aliphatic heterocycles. The highest BCUT2D eigenvalue weighted by molar-refractivity contribution is 7.99. The van der Waals surface area contributed by atoms with Gasteiger partial charge in [0.1, 0.15) is 5.76 Å². The Morgan fingerprint density at radius 3 is 2.70 bits per heavy atom. The van der Waals surface area contributed by atoms with E-state index in [-0.39, 0.29) is 11.2 Å². The van der Waals surface area contributed by atoms with Gasteiger partial charge in [-0.05, 0) is 26.0 Å². The lowest BCUT2D eigenvalue weighted by molar-refractivity contribution is -0.117. The van der Waals surface area contributed by atoms with E-state index >= 15 is 0 Å². The Hall–Kier alpha value is -1.75. The first-order valence-electron chi connectivity index (χ1n) is 6.44. The van der Waals surface area contributed by atoms with E-state index in [9.17, 15) is 4.79 Å². The maximum absolute atomic E-state index is 12.3. The maximum Gasteiger partial charge on any atom is 0.239 e. The van der Waals surface area contributed by atoms with Crippen LogP contribution in [-0.4, -0.2) is 23.4 Å². The summed E-state index contributed by atoms with van der Waals surface area (Å²) in [6.45, 7) is 3.78. The van der Waals surface area contributed by atoms with E-state index in [0.29, 0.717) is 5.75 Å². The van der Waals surface area contributed by atoms with Gasteiger partial charge in [0.05, 0.1) is 10.9 Å². The molecule has 2 aromatic rings. The van der Waals surface area contributed by atoms with Crippen LogP contribution in [0, 0.1) is 6.92 Å². The lowest BCUT2D eigenvalue weighted by Crippen LogP contribution is -2.33. The summed E-state index contributed by atoms with van der Waals surface area (Å²) < 4.78 is 5.02. The SMILES string of the molecule is Cc1cc(CS[C@@H](C)C(=O)N(C)c2ccccc2)no1. The lowest BCUT2D eigenvalue weighted by atomic mass is 10.3. The molecule has 0 saturated heterocycles. The molecule has 1 aromatic heterocycles. The number of aromatic nitrogens is 1. The lowest BCUT2D eigenvalue weighted by Gasteiger charge is -2.21. The van der Waals surface area contributed by atoms with Crippen LogP contribution in [0.3, 0.4) is 0 Å². The Kier molecular flexibility index (Phi) is 4.84. The third kappa shape index (κ3) is 3.63. The molecule has 0 aliphatic rings. The van der Waals surface area contributed by atoms with Crippen molar-refractivity contribution >= 4 is 23.4 Å². The second kappa shape index (κ2) is 6.61. The molecule has 0 N–H and O–H groups in total. The minimum atomic E-state index is -0.128. The molecule has 4 nitrogen and oxygen atoms in total. The summed E-state index contributed by atoms with van der Waals surface area (Å²) in [6.07, 6.45) is 0. The van der Waals surface area contributed by atoms with Crippen molar-refractivity contribution in [1.82, 2.24) is 5.16 Å². The minimum Gasteiger partial charge on any atom is -0.361 e. The fraction of sp³-hybridized carbons (Fsp3) is 0.333. The molecule has 0 saturated carbocycles. The molecule has 0 radical (unpaired) electrons. The maximum atomic E-state index is 12.3. The second-order valence-corrected chi connectivity index (χ2v) is 5.94. The summed E-state index contributed by atoms with van der Waals surface area (Å²) in [4.78, 5) is 14.0. The van der Waals surface area contributed by atoms with Crippen LogP contribution < -0.4 is 4.90 Å². The summed E-state index contributed by atoms with van der Waals surface area (Å²) >= 11 is 1.56. The number of para-hydroxylation sites is 1. The first-order valence-corrected chi connectivity index (χ1v) is 7.49. The van der Waals surface area contributed by atoms with Gasteiger partial charge in [0.25, 0.3) is 0 Å². The highest BCUT2D eigenvalue weighted by Crippen LogP contribution is 2.21. The quantitative estimate of drug-likeness (QED) is 0.848. The number of rotatable bonds is 5. The van der Waals surface area contributed by atoms with E-state index < -0.39 is 0 Å². The fourth-order valence-corrected chi connectivity index (χ4v) is 2.68. The molecule has 1 heterocycles. The van der Waals surface area contributed by atoms with E-state index in [4.69, 9.17) is 4.52 Å². The van der Waals surface area contributed by atoms with Gasteiger partial charge in [-0.25, -0.2) is 0 Å². The molecule has 0 fully saturated rings. The van der Waals surface area contributed by atoms with E-state index in [1.54, 1.807) is 23.7 Å². The molecule has 0 bridgehead atoms. The van der Waals surface area contributed by atoms with Gasteiger partial charge in [-0.3, -0.25) is 4.79 Å². The highest BCUT2D eigenvalue weighted by atomic mass is 32.2. The average Bonchev–Trinajstić information content (AvgIpc) is 2.89. The zero-order valence-electron chi connectivity index (χ0n) is 11.9. The number of thioether (sulfide) groups is 1. The fourth-order valence-electron chi connectivity index (χ4n) is 1.82. The zero-order valence-corrected chi connectivity index (χ0v) is 12.7. The molecule has 0 aliphatic carbocycles. The van der Waals surface area contributed by atoms with Crippen LogP contribution in [0.25, 0.3) is 0 Å². The van der Waals surface area contributed by atoms with E-state index in [2.05, 4.69) is 5.16 Å². The third-order valence-electron chi connectivity index (χ3n) is 2.98. The number of hydrogen-bond acceptors (Lipinski definition) is 4. The average molecular weight is 290 g/mol. The van der Waals surface area contributed by atoms with E-state index in [0.717, 1.165) is 17.1 Å². The van der Waals surface area contributed by atoms with Crippen molar-refractivity contribution < 1.29 is 9.32 Å². The van der Waals surface area contributed by atoms with Gasteiger partial charge in [0.15, 0.2) is 0 Å². The van der Waals surface area contributed by atoms with Crippen LogP contribution in [0.5, 0.6) is 0 Å². The molecule has 20 heavy (non-hydrogen) atoms. The Morgan fingerprint density at radius 2 is 2.10 bits per heavy atom. The van der Waals surface area contributed by atoms with E-state index in [1.807, 2.05) is 50.2 Å². The van der Waals surface area contributed by atoms with Crippen molar-refractivity contribution in [3.8, 4) is 0 Å². The van der Waals surface area contributed by atoms with Crippen LogP contribution in [0.2, 0.25) is 0 Å². The van der Waals surface area contributed by atoms with Crippen molar-refractivity contribution in [3.63, 3.8) is 0 Å². The van der Waals surface area contributed by atoms with Gasteiger partial charge in [0.2, 0.25) is 5.91 Å². The number of carbonyl (C=O) groups is 1. The van der Waals surface area contributed by atoms with Crippen molar-refractivity contribution in [1.29, 1.82) is 0 Å². The number of amides is 1. The van der Waals surface area contributed by atoms with Gasteiger partial charge < -0.3 is 9.42 Å². The predicted octanol–water partition coefficient (Wildman–Crippen LogP) is 3.27. The third-order valence-corrected chi connectivity index (χ3v) is 4.14. The predicted molar refractivity (Wildman–Crippen MR) is 81.8 cm³/mol. The van der Waals surface area contributed by atoms with Crippen molar-refractivity contribution in [3.05, 3.63) is 47.9 Å². The Balaban J connectivity index is 1.91. The van der Waals surface area contributed by atoms with Crippen molar-refractivity contribution in [2.75, 3.05) is 11.9 Å². The molecule has 1 aromatic carbocycles. The summed E-state index contributed by atoms with van der Waals surface area (Å²) in [5.41, 5.74) is 1.77. The van der Waals surface area contributed by atoms with Gasteiger partial charge >= 0.3 is 0 Å². The number of hydrogen-bond donors (Lipinski definition) is 0. The molecule has 2 rings (SSSR count). The van der Waals surface area contributed by atoms with Crippen LogP contribution in [0.1, 0.15) is 18.4 Å². The first kappa shape index (κ1) is 14.7. The molecular formula is C15H18N2O2S. The highest BCUT2D eigenvalue weighted by Gasteiger charge is 2.19. The molecule has 5 heteroatoms. The van der Waals surface area contributed by atoms with Crippen LogP contribution in [0.4, 0.5) is 5.69 Å². The second-order valence-electron chi connectivity index (χ2n) is 4.61. The Bertz CT molecular complexity index is 568. The number of aryl methyl sites for hydroxylation is 1. The first-order chi connectivity index (χ1) is 9.58. The number of benzene rings is 1. The topological polar surface area (TPSA) is 46.3 Å². The van der Waals surface area contributed by atoms with Crippen molar-refractivity contribution in [2.45, 2.75) is 24.9 Å². The molecule has 1 atom stereocenters. The van der Waals surface area contributed by atoms with Crippen LogP contribution in [-0.2, 0) is 10.5 Å². The summed E-state index contributed by atoms with van der Waals surface area (Å²) in [6, 6.07) is 11.5. The zero-order chi connectivity index (χ0) is 14.5. The Morgan fingerprint density at radius 1 is 1.40 bits per heavy atom. The normalized spacial score (nSPS) is 12.2. The Labute approximate surface area is 123 Å². The van der Waals surface area contributed by atoms with Gasteiger partial charge in [-0.1, -0.05) is 23.4 Å². The number of nitrogens with zero attached hydrogens (tertiary/aromatic N) is 2. The molecule has 1 amide bonds. The van der Waals surface area contributed by atoms with Gasteiger partial charge in [-0.15, -0.1) is 11.8 Å². The molecular weight excluding hydrogens is 272 g/mol. The minimum absolute atomic E-state index is 0.0846. The number of carbonyl (C=O) groups excluding carboxylic acids is 1. The summed E-state index contributed by atoms with van der Waals surface area (Å²) in [7, 11) is 1.80. The monoisotopic (exact) mass is 290 g/mol. The number of anilines is 1. The molecule has 0 unspecified atom stereocenters. The summed E-state index contributed by atoms with van der Waals surface area (Å²) in [5, 5.41) is 3.80. The summed E-state index contributed by atoms with van der Waals surface area (Å²) in [5.74, 6) is 1.55.